The number of likely N-dealkylation sites (N-methyl/N-ethyl adjacent to an activating group) is 1. The molecule has 4 aliphatic rings. The first-order valence-corrected chi connectivity index (χ1v) is 12.9. The minimum absolute atomic E-state index is 0.0951. The predicted octanol–water partition coefficient (Wildman–Crippen LogP) is 3.81. The van der Waals surface area contributed by atoms with E-state index in [0.717, 1.165) is 66.9 Å². The summed E-state index contributed by atoms with van der Waals surface area (Å²) < 4.78 is 5.47. The largest absolute Gasteiger partial charge is 0.497 e. The smallest absolute Gasteiger partial charge is 0.231 e. The summed E-state index contributed by atoms with van der Waals surface area (Å²) in [6.07, 6.45) is 5.77. The average Bonchev–Trinajstić information content (AvgIpc) is 3.44. The van der Waals surface area contributed by atoms with E-state index in [-0.39, 0.29) is 17.9 Å². The number of benzene rings is 2. The molecule has 7 nitrogen and oxygen atoms in total. The zero-order valence-corrected chi connectivity index (χ0v) is 20.8. The van der Waals surface area contributed by atoms with Crippen LogP contribution in [0, 0.1) is 5.41 Å². The van der Waals surface area contributed by atoms with Gasteiger partial charge < -0.3 is 19.9 Å². The molecule has 0 bridgehead atoms. The molecule has 2 aliphatic carbocycles. The molecule has 1 saturated carbocycles. The molecule has 3 atom stereocenters. The molecule has 1 aromatic heterocycles. The molecule has 2 saturated heterocycles. The third kappa shape index (κ3) is 3.22. The van der Waals surface area contributed by atoms with Crippen molar-refractivity contribution < 1.29 is 9.53 Å². The van der Waals surface area contributed by atoms with Crippen LogP contribution in [-0.2, 0) is 9.53 Å². The van der Waals surface area contributed by atoms with Crippen molar-refractivity contribution in [2.75, 3.05) is 45.2 Å². The summed E-state index contributed by atoms with van der Waals surface area (Å²) in [5.74, 6) is 1.19. The summed E-state index contributed by atoms with van der Waals surface area (Å²) >= 11 is 0. The van der Waals surface area contributed by atoms with E-state index in [1.807, 2.05) is 0 Å². The van der Waals surface area contributed by atoms with E-state index in [0.29, 0.717) is 0 Å². The van der Waals surface area contributed by atoms with Crippen molar-refractivity contribution in [2.24, 2.45) is 5.41 Å². The fourth-order valence-electron chi connectivity index (χ4n) is 6.41. The molecule has 1 spiro atoms. The maximum atomic E-state index is 13.1. The van der Waals surface area contributed by atoms with Crippen LogP contribution in [0.2, 0.25) is 0 Å². The molecule has 2 aromatic carbocycles. The van der Waals surface area contributed by atoms with Gasteiger partial charge in [-0.15, -0.1) is 0 Å². The number of carbonyl (C=O) groups excluding carboxylic acids is 1. The van der Waals surface area contributed by atoms with Crippen LogP contribution < -0.4 is 10.2 Å². The number of nitrogens with zero attached hydrogens (tertiary/aromatic N) is 3. The molecule has 2 aliphatic heterocycles. The van der Waals surface area contributed by atoms with Crippen molar-refractivity contribution >= 4 is 22.5 Å². The van der Waals surface area contributed by atoms with Crippen LogP contribution in [-0.4, -0.2) is 67.4 Å². The summed E-state index contributed by atoms with van der Waals surface area (Å²) in [6.45, 7) is 4.32. The number of piperazine rings is 1. The van der Waals surface area contributed by atoms with Crippen molar-refractivity contribution in [3.05, 3.63) is 71.5 Å². The molecular formula is C29H31N5O2. The number of anilines is 1. The monoisotopic (exact) mass is 481 g/mol. The van der Waals surface area contributed by atoms with Gasteiger partial charge in [-0.2, -0.15) is 5.10 Å². The Morgan fingerprint density at radius 2 is 1.89 bits per heavy atom. The van der Waals surface area contributed by atoms with E-state index in [2.05, 4.69) is 87.0 Å². The third-order valence-electron chi connectivity index (χ3n) is 8.65. The minimum Gasteiger partial charge on any atom is -0.497 e. The second kappa shape index (κ2) is 7.96. The Bertz CT molecular complexity index is 1410. The molecule has 7 rings (SSSR count). The molecule has 7 heteroatoms. The summed E-state index contributed by atoms with van der Waals surface area (Å²) in [7, 11) is 3.87. The van der Waals surface area contributed by atoms with Crippen molar-refractivity contribution in [1.29, 1.82) is 0 Å². The predicted molar refractivity (Wildman–Crippen MR) is 141 cm³/mol. The van der Waals surface area contributed by atoms with Crippen LogP contribution >= 0.6 is 0 Å². The summed E-state index contributed by atoms with van der Waals surface area (Å²) in [6, 6.07) is 15.4. The van der Waals surface area contributed by atoms with E-state index >= 15 is 0 Å². The van der Waals surface area contributed by atoms with Crippen LogP contribution in [0.1, 0.15) is 24.3 Å². The SMILES string of the molecule is COC1=CCC2NC(=O)[C@@]3(CC3c3ccc4c(-c5ccc(N6CCN(C)CC6)cc5)n[nH]c4c3)C2=C1. The zero-order valence-electron chi connectivity index (χ0n) is 20.8. The van der Waals surface area contributed by atoms with Crippen LogP contribution in [0.4, 0.5) is 5.69 Å². The average molecular weight is 482 g/mol. The number of hydrogen-bond acceptors (Lipinski definition) is 5. The maximum Gasteiger partial charge on any atom is 0.231 e. The van der Waals surface area contributed by atoms with Crippen molar-refractivity contribution in [2.45, 2.75) is 24.8 Å². The number of H-pyrrole nitrogens is 1. The summed E-state index contributed by atoms with van der Waals surface area (Å²) in [4.78, 5) is 17.9. The normalized spacial score (nSPS) is 27.6. The Labute approximate surface area is 210 Å². The van der Waals surface area contributed by atoms with Crippen molar-refractivity contribution in [3.8, 4) is 11.3 Å². The number of carbonyl (C=O) groups is 1. The fraction of sp³-hybridized carbons (Fsp3) is 0.379. The minimum atomic E-state index is -0.432. The summed E-state index contributed by atoms with van der Waals surface area (Å²) in [5, 5.41) is 12.2. The second-order valence-corrected chi connectivity index (χ2v) is 10.6. The number of allylic oxidation sites excluding steroid dienone is 1. The zero-order chi connectivity index (χ0) is 24.4. The highest BCUT2D eigenvalue weighted by Gasteiger charge is 2.67. The molecular weight excluding hydrogens is 450 g/mol. The Morgan fingerprint density at radius 1 is 1.08 bits per heavy atom. The lowest BCUT2D eigenvalue weighted by atomic mass is 9.86. The van der Waals surface area contributed by atoms with E-state index in [4.69, 9.17) is 4.74 Å². The van der Waals surface area contributed by atoms with E-state index in [1.54, 1.807) is 7.11 Å². The highest BCUT2D eigenvalue weighted by Crippen LogP contribution is 2.67. The van der Waals surface area contributed by atoms with Gasteiger partial charge >= 0.3 is 0 Å². The summed E-state index contributed by atoms with van der Waals surface area (Å²) in [5.41, 5.74) is 6.30. The van der Waals surface area contributed by atoms with Gasteiger partial charge in [0, 0.05) is 48.7 Å². The molecule has 0 radical (unpaired) electrons. The number of rotatable bonds is 4. The van der Waals surface area contributed by atoms with Crippen LogP contribution in [0.15, 0.2) is 65.9 Å². The third-order valence-corrected chi connectivity index (χ3v) is 8.65. The quantitative estimate of drug-likeness (QED) is 0.593. The van der Waals surface area contributed by atoms with Gasteiger partial charge in [-0.1, -0.05) is 24.3 Å². The molecule has 1 amide bonds. The molecule has 2 unspecified atom stereocenters. The molecule has 184 valence electrons. The van der Waals surface area contributed by atoms with Crippen LogP contribution in [0.5, 0.6) is 0 Å². The number of aromatic nitrogens is 2. The van der Waals surface area contributed by atoms with Gasteiger partial charge in [0.15, 0.2) is 0 Å². The van der Waals surface area contributed by atoms with E-state index in [1.165, 1.54) is 16.8 Å². The van der Waals surface area contributed by atoms with Crippen molar-refractivity contribution in [3.63, 3.8) is 0 Å². The van der Waals surface area contributed by atoms with Gasteiger partial charge in [-0.25, -0.2) is 0 Å². The van der Waals surface area contributed by atoms with Gasteiger partial charge in [-0.05, 0) is 61.4 Å². The first kappa shape index (κ1) is 21.7. The number of hydrogen-bond donors (Lipinski definition) is 2. The standard InChI is InChI=1S/C29H31N5O2/c1-33-11-13-34(14-12-33)20-6-3-18(4-7-20)27-22-9-5-19(15-26(22)31-32-27)24-17-29(24)23-16-21(36-2)8-10-25(23)30-28(29)35/h3-9,15-16,24-25H,10-14,17H2,1-2H3,(H,30,35)(H,31,32)/t24?,25?,29-/m0/s1. The molecule has 3 fully saturated rings. The number of aromatic amines is 1. The molecule has 36 heavy (non-hydrogen) atoms. The first-order valence-electron chi connectivity index (χ1n) is 12.9. The molecule has 2 N–H and O–H groups in total. The lowest BCUT2D eigenvalue weighted by Crippen LogP contribution is -2.44. The van der Waals surface area contributed by atoms with Crippen LogP contribution in [0.25, 0.3) is 22.2 Å². The molecule has 3 aromatic rings. The highest BCUT2D eigenvalue weighted by molar-refractivity contribution is 5.97. The Kier molecular flexibility index (Phi) is 4.80. The Balaban J connectivity index is 1.15. The number of ether oxygens (including phenoxy) is 1. The van der Waals surface area contributed by atoms with Gasteiger partial charge in [0.05, 0.1) is 29.8 Å². The van der Waals surface area contributed by atoms with Gasteiger partial charge in [0.25, 0.3) is 0 Å². The van der Waals surface area contributed by atoms with Gasteiger partial charge in [-0.3, -0.25) is 9.89 Å². The second-order valence-electron chi connectivity index (χ2n) is 10.6. The van der Waals surface area contributed by atoms with Crippen LogP contribution in [0.3, 0.4) is 0 Å². The number of nitrogens with one attached hydrogen (secondary N) is 2. The Morgan fingerprint density at radius 3 is 2.67 bits per heavy atom. The van der Waals surface area contributed by atoms with Crippen molar-refractivity contribution in [1.82, 2.24) is 20.4 Å². The highest BCUT2D eigenvalue weighted by atomic mass is 16.5. The topological polar surface area (TPSA) is 73.5 Å². The first-order chi connectivity index (χ1) is 17.6. The molecule has 3 heterocycles. The van der Waals surface area contributed by atoms with E-state index < -0.39 is 5.41 Å². The van der Waals surface area contributed by atoms with Gasteiger partial charge in [0.1, 0.15) is 5.76 Å². The van der Waals surface area contributed by atoms with E-state index in [9.17, 15) is 4.79 Å². The number of fused-ring (bicyclic) bond motifs is 3. The lowest BCUT2D eigenvalue weighted by molar-refractivity contribution is -0.123. The lowest BCUT2D eigenvalue weighted by Gasteiger charge is -2.34. The maximum absolute atomic E-state index is 13.1. The Hall–Kier alpha value is -3.58. The number of amides is 1. The number of methoxy groups -OCH3 is 1. The fourth-order valence-corrected chi connectivity index (χ4v) is 6.41. The van der Waals surface area contributed by atoms with Gasteiger partial charge in [0.2, 0.25) is 5.91 Å².